The van der Waals surface area contributed by atoms with Gasteiger partial charge in [0.15, 0.2) is 12.7 Å². The highest BCUT2D eigenvalue weighted by Gasteiger charge is 2.29. The van der Waals surface area contributed by atoms with Crippen LogP contribution < -0.4 is 4.74 Å². The van der Waals surface area contributed by atoms with Crippen LogP contribution in [0.25, 0.3) is 0 Å². The summed E-state index contributed by atoms with van der Waals surface area (Å²) in [4.78, 5) is 25.0. The van der Waals surface area contributed by atoms with E-state index < -0.39 is 12.1 Å². The zero-order valence-corrected chi connectivity index (χ0v) is 13.2. The Hall–Kier alpha value is -1.60. The molecule has 1 aliphatic heterocycles. The molecule has 7 heteroatoms. The van der Waals surface area contributed by atoms with Gasteiger partial charge in [-0.2, -0.15) is 0 Å². The largest absolute Gasteiger partial charge is 0.484 e. The summed E-state index contributed by atoms with van der Waals surface area (Å²) in [6.07, 6.45) is -0.722. The van der Waals surface area contributed by atoms with Gasteiger partial charge in [-0.15, -0.1) is 0 Å². The van der Waals surface area contributed by atoms with Gasteiger partial charge in [0.25, 0.3) is 5.91 Å². The van der Waals surface area contributed by atoms with E-state index in [1.165, 1.54) is 7.11 Å². The predicted molar refractivity (Wildman–Crippen MR) is 78.0 cm³/mol. The number of methoxy groups -OCH3 is 1. The Balaban J connectivity index is 1.85. The molecule has 0 radical (unpaired) electrons. The lowest BCUT2D eigenvalue weighted by Gasteiger charge is -2.31. The van der Waals surface area contributed by atoms with Crippen LogP contribution in [0, 0.1) is 0 Å². The highest BCUT2D eigenvalue weighted by Crippen LogP contribution is 2.16. The maximum atomic E-state index is 12.1. The molecule has 114 valence electrons. The fourth-order valence-electron chi connectivity index (χ4n) is 1.92. The minimum absolute atomic E-state index is 0.0739. The molecule has 2 rings (SSSR count). The third-order valence-electron chi connectivity index (χ3n) is 3.06. The lowest BCUT2D eigenvalue weighted by molar-refractivity contribution is -0.163. The van der Waals surface area contributed by atoms with Crippen LogP contribution in [-0.4, -0.2) is 56.3 Å². The first-order valence-electron chi connectivity index (χ1n) is 6.45. The normalized spacial score (nSPS) is 18.2. The molecule has 1 aliphatic rings. The van der Waals surface area contributed by atoms with Crippen molar-refractivity contribution in [3.63, 3.8) is 0 Å². The molecule has 1 aromatic rings. The number of ether oxygens (including phenoxy) is 3. The van der Waals surface area contributed by atoms with Crippen LogP contribution in [0.3, 0.4) is 0 Å². The molecule has 0 aromatic heterocycles. The van der Waals surface area contributed by atoms with Crippen molar-refractivity contribution in [1.82, 2.24) is 4.90 Å². The Morgan fingerprint density at radius 2 is 2.10 bits per heavy atom. The van der Waals surface area contributed by atoms with E-state index in [-0.39, 0.29) is 19.1 Å². The summed E-state index contributed by atoms with van der Waals surface area (Å²) in [7, 11) is 1.29. The minimum Gasteiger partial charge on any atom is -0.484 e. The van der Waals surface area contributed by atoms with Crippen LogP contribution in [0.4, 0.5) is 0 Å². The van der Waals surface area contributed by atoms with Crippen LogP contribution in [0.1, 0.15) is 0 Å². The average Bonchev–Trinajstić information content (AvgIpc) is 2.53. The molecule has 0 spiro atoms. The van der Waals surface area contributed by atoms with E-state index in [2.05, 4.69) is 20.7 Å². The van der Waals surface area contributed by atoms with Crippen molar-refractivity contribution >= 4 is 27.8 Å². The zero-order chi connectivity index (χ0) is 15.2. The van der Waals surface area contributed by atoms with Crippen molar-refractivity contribution in [2.75, 3.05) is 33.4 Å². The van der Waals surface area contributed by atoms with Gasteiger partial charge in [-0.1, -0.05) is 15.9 Å². The highest BCUT2D eigenvalue weighted by atomic mass is 79.9. The van der Waals surface area contributed by atoms with Crippen molar-refractivity contribution in [2.24, 2.45) is 0 Å². The van der Waals surface area contributed by atoms with Gasteiger partial charge in [0, 0.05) is 11.0 Å². The molecule has 6 nitrogen and oxygen atoms in total. The fraction of sp³-hybridized carbons (Fsp3) is 0.429. The lowest BCUT2D eigenvalue weighted by atomic mass is 10.2. The second-order valence-corrected chi connectivity index (χ2v) is 5.38. The summed E-state index contributed by atoms with van der Waals surface area (Å²) in [5.74, 6) is -0.0409. The van der Waals surface area contributed by atoms with Crippen molar-refractivity contribution < 1.29 is 23.8 Å². The number of carbonyl (C=O) groups is 2. The number of esters is 1. The van der Waals surface area contributed by atoms with E-state index >= 15 is 0 Å². The first-order valence-corrected chi connectivity index (χ1v) is 7.25. The fourth-order valence-corrected chi connectivity index (χ4v) is 2.18. The topological polar surface area (TPSA) is 65.1 Å². The van der Waals surface area contributed by atoms with Crippen LogP contribution in [0.5, 0.6) is 5.75 Å². The Kier molecular flexibility index (Phi) is 5.58. The van der Waals surface area contributed by atoms with Gasteiger partial charge in [0.1, 0.15) is 5.75 Å². The lowest BCUT2D eigenvalue weighted by Crippen LogP contribution is -2.50. The Bertz CT molecular complexity index is 505. The first-order chi connectivity index (χ1) is 10.1. The van der Waals surface area contributed by atoms with E-state index in [0.29, 0.717) is 18.9 Å². The number of amides is 1. The van der Waals surface area contributed by atoms with E-state index in [0.717, 1.165) is 4.47 Å². The maximum Gasteiger partial charge on any atom is 0.336 e. The number of nitrogens with zero attached hydrogens (tertiary/aromatic N) is 1. The number of hydrogen-bond acceptors (Lipinski definition) is 5. The number of morpholine rings is 1. The molecule has 0 N–H and O–H groups in total. The Morgan fingerprint density at radius 1 is 1.38 bits per heavy atom. The van der Waals surface area contributed by atoms with Gasteiger partial charge in [-0.05, 0) is 24.3 Å². The molecular weight excluding hydrogens is 342 g/mol. The molecule has 1 saturated heterocycles. The van der Waals surface area contributed by atoms with E-state index in [9.17, 15) is 9.59 Å². The standard InChI is InChI=1S/C14H16BrNO5/c1-19-14(18)12-8-16(6-7-20-12)13(17)9-21-11-4-2-10(15)3-5-11/h2-5,12H,6-9H2,1H3. The van der Waals surface area contributed by atoms with E-state index in [1.807, 2.05) is 12.1 Å². The predicted octanol–water partition coefficient (Wildman–Crippen LogP) is 1.23. The molecule has 1 aromatic carbocycles. The smallest absolute Gasteiger partial charge is 0.336 e. The van der Waals surface area contributed by atoms with E-state index in [4.69, 9.17) is 9.47 Å². The average molecular weight is 358 g/mol. The molecule has 0 saturated carbocycles. The third-order valence-corrected chi connectivity index (χ3v) is 3.59. The van der Waals surface area contributed by atoms with Crippen molar-refractivity contribution in [3.05, 3.63) is 28.7 Å². The number of hydrogen-bond donors (Lipinski definition) is 0. The second kappa shape index (κ2) is 7.42. The Labute approximate surface area is 131 Å². The number of benzene rings is 1. The summed E-state index contributed by atoms with van der Waals surface area (Å²) < 4.78 is 16.3. The van der Waals surface area contributed by atoms with Gasteiger partial charge in [-0.3, -0.25) is 4.79 Å². The van der Waals surface area contributed by atoms with Crippen LogP contribution in [-0.2, 0) is 19.1 Å². The number of rotatable bonds is 4. The maximum absolute atomic E-state index is 12.1. The molecule has 0 bridgehead atoms. The van der Waals surface area contributed by atoms with Gasteiger partial charge in [-0.25, -0.2) is 4.79 Å². The molecule has 21 heavy (non-hydrogen) atoms. The second-order valence-electron chi connectivity index (χ2n) is 4.46. The van der Waals surface area contributed by atoms with Crippen LogP contribution in [0.15, 0.2) is 28.7 Å². The summed E-state index contributed by atoms with van der Waals surface area (Å²) in [5, 5.41) is 0. The molecule has 1 unspecified atom stereocenters. The SMILES string of the molecule is COC(=O)C1CN(C(=O)COc2ccc(Br)cc2)CCO1. The zero-order valence-electron chi connectivity index (χ0n) is 11.6. The molecule has 1 fully saturated rings. The summed E-state index contributed by atoms with van der Waals surface area (Å²) >= 11 is 3.33. The minimum atomic E-state index is -0.722. The van der Waals surface area contributed by atoms with Crippen molar-refractivity contribution in [1.29, 1.82) is 0 Å². The summed E-state index contributed by atoms with van der Waals surface area (Å²) in [6.45, 7) is 0.866. The number of halogens is 1. The molecule has 1 heterocycles. The van der Waals surface area contributed by atoms with Crippen LogP contribution in [0.2, 0.25) is 0 Å². The van der Waals surface area contributed by atoms with Gasteiger partial charge < -0.3 is 19.1 Å². The molecule has 1 atom stereocenters. The monoisotopic (exact) mass is 357 g/mol. The summed E-state index contributed by atoms with van der Waals surface area (Å²) in [6, 6.07) is 7.21. The molecule has 1 amide bonds. The quantitative estimate of drug-likeness (QED) is 0.758. The molecule has 0 aliphatic carbocycles. The number of carbonyl (C=O) groups excluding carboxylic acids is 2. The highest BCUT2D eigenvalue weighted by molar-refractivity contribution is 9.10. The van der Waals surface area contributed by atoms with Gasteiger partial charge in [0.05, 0.1) is 20.3 Å². The van der Waals surface area contributed by atoms with Crippen LogP contribution >= 0.6 is 15.9 Å². The third kappa shape index (κ3) is 4.44. The van der Waals surface area contributed by atoms with Crippen molar-refractivity contribution in [2.45, 2.75) is 6.10 Å². The van der Waals surface area contributed by atoms with Gasteiger partial charge >= 0.3 is 5.97 Å². The van der Waals surface area contributed by atoms with E-state index in [1.54, 1.807) is 17.0 Å². The Morgan fingerprint density at radius 3 is 2.76 bits per heavy atom. The van der Waals surface area contributed by atoms with Crippen molar-refractivity contribution in [3.8, 4) is 5.75 Å². The first kappa shape index (κ1) is 15.8. The van der Waals surface area contributed by atoms with Gasteiger partial charge in [0.2, 0.25) is 0 Å². The molecular formula is C14H16BrNO5. The summed E-state index contributed by atoms with van der Waals surface area (Å²) in [5.41, 5.74) is 0.